The Bertz CT molecular complexity index is 846. The van der Waals surface area contributed by atoms with E-state index in [0.717, 1.165) is 12.0 Å². The molecule has 3 aromatic rings. The van der Waals surface area contributed by atoms with Gasteiger partial charge in [-0.3, -0.25) is 0 Å². The molecule has 1 aromatic heterocycles. The first kappa shape index (κ1) is 14.3. The highest BCUT2D eigenvalue weighted by Gasteiger charge is 2.27. The highest BCUT2D eigenvalue weighted by Crippen LogP contribution is 2.33. The molecular formula is C18H16ClN3O. The molecule has 23 heavy (non-hydrogen) atoms. The molecule has 116 valence electrons. The molecule has 0 radical (unpaired) electrons. The molecule has 0 N–H and O–H groups in total. The maximum absolute atomic E-state index is 6.02. The number of hydrogen-bond acceptors (Lipinski definition) is 4. The standard InChI is InChI=1S/C18H16ClN3O/c1-12-9-13-5-2-3-8-16(13)22(12)11-17-20-21-18(23-17)14-6-4-7-15(19)10-14/h2-8,10,12H,9,11H2,1H3. The minimum Gasteiger partial charge on any atom is -0.419 e. The van der Waals surface area contributed by atoms with Gasteiger partial charge in [-0.15, -0.1) is 10.2 Å². The first-order valence-electron chi connectivity index (χ1n) is 7.63. The smallest absolute Gasteiger partial charge is 0.247 e. The zero-order valence-electron chi connectivity index (χ0n) is 12.7. The van der Waals surface area contributed by atoms with E-state index in [4.69, 9.17) is 16.0 Å². The fraction of sp³-hybridized carbons (Fsp3) is 0.222. The van der Waals surface area contributed by atoms with Crippen LogP contribution in [0.15, 0.2) is 52.9 Å². The van der Waals surface area contributed by atoms with Gasteiger partial charge in [0.05, 0.1) is 6.54 Å². The summed E-state index contributed by atoms with van der Waals surface area (Å²) in [5.41, 5.74) is 3.46. The summed E-state index contributed by atoms with van der Waals surface area (Å²) in [6.45, 7) is 2.83. The summed E-state index contributed by atoms with van der Waals surface area (Å²) in [6.07, 6.45) is 1.05. The average molecular weight is 326 g/mol. The number of fused-ring (bicyclic) bond motifs is 1. The van der Waals surface area contributed by atoms with Crippen molar-refractivity contribution in [2.75, 3.05) is 4.90 Å². The van der Waals surface area contributed by atoms with Crippen LogP contribution in [0, 0.1) is 0 Å². The van der Waals surface area contributed by atoms with E-state index in [-0.39, 0.29) is 0 Å². The van der Waals surface area contributed by atoms with E-state index in [1.807, 2.05) is 24.3 Å². The Balaban J connectivity index is 1.59. The first-order chi connectivity index (χ1) is 11.2. The molecule has 4 rings (SSSR count). The molecule has 0 bridgehead atoms. The number of hydrogen-bond donors (Lipinski definition) is 0. The monoisotopic (exact) mass is 325 g/mol. The highest BCUT2D eigenvalue weighted by molar-refractivity contribution is 6.30. The number of para-hydroxylation sites is 1. The Morgan fingerprint density at radius 3 is 2.91 bits per heavy atom. The van der Waals surface area contributed by atoms with Gasteiger partial charge in [-0.2, -0.15) is 0 Å². The van der Waals surface area contributed by atoms with E-state index < -0.39 is 0 Å². The van der Waals surface area contributed by atoms with Gasteiger partial charge in [-0.1, -0.05) is 35.9 Å². The minimum absolute atomic E-state index is 0.425. The van der Waals surface area contributed by atoms with Gasteiger partial charge < -0.3 is 9.32 Å². The second kappa shape index (κ2) is 5.70. The number of rotatable bonds is 3. The maximum Gasteiger partial charge on any atom is 0.247 e. The van der Waals surface area contributed by atoms with Crippen LogP contribution in [0.25, 0.3) is 11.5 Å². The van der Waals surface area contributed by atoms with Crippen molar-refractivity contribution in [2.24, 2.45) is 0 Å². The average Bonchev–Trinajstić information content (AvgIpc) is 3.13. The van der Waals surface area contributed by atoms with Gasteiger partial charge in [0.15, 0.2) is 0 Å². The maximum atomic E-state index is 6.02. The third-order valence-electron chi connectivity index (χ3n) is 4.19. The molecule has 1 atom stereocenters. The van der Waals surface area contributed by atoms with Crippen LogP contribution in [0.4, 0.5) is 5.69 Å². The lowest BCUT2D eigenvalue weighted by Gasteiger charge is -2.22. The Kier molecular flexibility index (Phi) is 3.54. The van der Waals surface area contributed by atoms with Crippen LogP contribution >= 0.6 is 11.6 Å². The molecule has 2 aromatic carbocycles. The normalized spacial score (nSPS) is 16.6. The van der Waals surface area contributed by atoms with Gasteiger partial charge >= 0.3 is 0 Å². The summed E-state index contributed by atoms with van der Waals surface area (Å²) in [5.74, 6) is 1.12. The lowest BCUT2D eigenvalue weighted by molar-refractivity contribution is 0.489. The van der Waals surface area contributed by atoms with Crippen molar-refractivity contribution < 1.29 is 4.42 Å². The zero-order valence-corrected chi connectivity index (χ0v) is 13.5. The lowest BCUT2D eigenvalue weighted by Crippen LogP contribution is -2.28. The predicted molar refractivity (Wildman–Crippen MR) is 90.5 cm³/mol. The van der Waals surface area contributed by atoms with Crippen LogP contribution in [0.3, 0.4) is 0 Å². The van der Waals surface area contributed by atoms with Crippen molar-refractivity contribution in [2.45, 2.75) is 25.9 Å². The molecule has 0 aliphatic carbocycles. The van der Waals surface area contributed by atoms with E-state index in [2.05, 4.69) is 46.3 Å². The van der Waals surface area contributed by atoms with E-state index in [9.17, 15) is 0 Å². The minimum atomic E-state index is 0.425. The number of anilines is 1. The first-order valence-corrected chi connectivity index (χ1v) is 8.01. The molecule has 0 saturated heterocycles. The summed E-state index contributed by atoms with van der Waals surface area (Å²) in [4.78, 5) is 2.31. The van der Waals surface area contributed by atoms with E-state index >= 15 is 0 Å². The molecular weight excluding hydrogens is 310 g/mol. The molecule has 1 unspecified atom stereocenters. The molecule has 0 fully saturated rings. The fourth-order valence-corrected chi connectivity index (χ4v) is 3.26. The molecule has 1 aliphatic heterocycles. The Morgan fingerprint density at radius 1 is 1.17 bits per heavy atom. The second-order valence-corrected chi connectivity index (χ2v) is 6.26. The van der Waals surface area contributed by atoms with Crippen molar-refractivity contribution in [1.29, 1.82) is 0 Å². The Morgan fingerprint density at radius 2 is 2.04 bits per heavy atom. The second-order valence-electron chi connectivity index (χ2n) is 5.82. The molecule has 1 aliphatic rings. The van der Waals surface area contributed by atoms with Crippen LogP contribution in [0.5, 0.6) is 0 Å². The van der Waals surface area contributed by atoms with E-state index in [0.29, 0.717) is 29.4 Å². The van der Waals surface area contributed by atoms with Crippen molar-refractivity contribution in [3.8, 4) is 11.5 Å². The topological polar surface area (TPSA) is 42.2 Å². The van der Waals surface area contributed by atoms with Crippen LogP contribution in [0.2, 0.25) is 5.02 Å². The van der Waals surface area contributed by atoms with Gasteiger partial charge in [0.1, 0.15) is 0 Å². The molecule has 2 heterocycles. The Labute approximate surface area is 139 Å². The molecule has 4 nitrogen and oxygen atoms in total. The SMILES string of the molecule is CC1Cc2ccccc2N1Cc1nnc(-c2cccc(Cl)c2)o1. The van der Waals surface area contributed by atoms with Gasteiger partial charge in [0.2, 0.25) is 11.8 Å². The van der Waals surface area contributed by atoms with Gasteiger partial charge in [-0.05, 0) is 43.2 Å². The van der Waals surface area contributed by atoms with Crippen LogP contribution < -0.4 is 4.90 Å². The summed E-state index contributed by atoms with van der Waals surface area (Å²) >= 11 is 6.02. The zero-order chi connectivity index (χ0) is 15.8. The van der Waals surface area contributed by atoms with E-state index in [1.165, 1.54) is 11.3 Å². The number of aromatic nitrogens is 2. The lowest BCUT2D eigenvalue weighted by atomic mass is 10.1. The number of benzene rings is 2. The van der Waals surface area contributed by atoms with Gasteiger partial charge in [0, 0.05) is 22.3 Å². The Hall–Kier alpha value is -2.33. The predicted octanol–water partition coefficient (Wildman–Crippen LogP) is 4.34. The quantitative estimate of drug-likeness (QED) is 0.718. The number of nitrogens with zero attached hydrogens (tertiary/aromatic N) is 3. The van der Waals surface area contributed by atoms with Gasteiger partial charge in [-0.25, -0.2) is 0 Å². The van der Waals surface area contributed by atoms with E-state index in [1.54, 1.807) is 0 Å². The van der Waals surface area contributed by atoms with Crippen molar-refractivity contribution in [3.63, 3.8) is 0 Å². The third kappa shape index (κ3) is 2.70. The third-order valence-corrected chi connectivity index (χ3v) is 4.43. The summed E-state index contributed by atoms with van der Waals surface area (Å²) in [5, 5.41) is 9.00. The number of halogens is 1. The molecule has 5 heteroatoms. The molecule has 0 saturated carbocycles. The molecule has 0 amide bonds. The van der Waals surface area contributed by atoms with Crippen LogP contribution in [0.1, 0.15) is 18.4 Å². The summed E-state index contributed by atoms with van der Waals surface area (Å²) in [6, 6.07) is 16.3. The van der Waals surface area contributed by atoms with Crippen LogP contribution in [-0.2, 0) is 13.0 Å². The van der Waals surface area contributed by atoms with Crippen molar-refractivity contribution in [3.05, 3.63) is 65.0 Å². The fourth-order valence-electron chi connectivity index (χ4n) is 3.07. The van der Waals surface area contributed by atoms with Crippen LogP contribution in [-0.4, -0.2) is 16.2 Å². The largest absolute Gasteiger partial charge is 0.419 e. The highest BCUT2D eigenvalue weighted by atomic mass is 35.5. The van der Waals surface area contributed by atoms with Crippen molar-refractivity contribution in [1.82, 2.24) is 10.2 Å². The summed E-state index contributed by atoms with van der Waals surface area (Å²) in [7, 11) is 0. The summed E-state index contributed by atoms with van der Waals surface area (Å²) < 4.78 is 5.83. The van der Waals surface area contributed by atoms with Crippen molar-refractivity contribution >= 4 is 17.3 Å². The van der Waals surface area contributed by atoms with Gasteiger partial charge in [0.25, 0.3) is 0 Å². The molecule has 0 spiro atoms.